The van der Waals surface area contributed by atoms with Gasteiger partial charge in [0.15, 0.2) is 0 Å². The van der Waals surface area contributed by atoms with Crippen molar-refractivity contribution in [2.75, 3.05) is 12.3 Å². The van der Waals surface area contributed by atoms with E-state index in [1.165, 1.54) is 12.1 Å². The first kappa shape index (κ1) is 22.2. The van der Waals surface area contributed by atoms with Gasteiger partial charge in [0, 0.05) is 36.1 Å². The number of carbonyl (C=O) groups is 1. The molecule has 0 bridgehead atoms. The first-order chi connectivity index (χ1) is 15.9. The normalized spacial score (nSPS) is 11.9. The molecule has 1 atom stereocenters. The predicted octanol–water partition coefficient (Wildman–Crippen LogP) is 3.64. The van der Waals surface area contributed by atoms with Crippen molar-refractivity contribution in [3.05, 3.63) is 89.6 Å². The molecule has 168 valence electrons. The lowest BCUT2D eigenvalue weighted by atomic mass is 9.99. The Hall–Kier alpha value is -4.04. The number of aryl methyl sites for hydroxylation is 2. The Morgan fingerprint density at radius 1 is 1.15 bits per heavy atom. The van der Waals surface area contributed by atoms with Crippen molar-refractivity contribution in [2.24, 2.45) is 7.05 Å². The van der Waals surface area contributed by atoms with Crippen LogP contribution in [0.5, 0.6) is 0 Å². The van der Waals surface area contributed by atoms with Gasteiger partial charge >= 0.3 is 0 Å². The van der Waals surface area contributed by atoms with Gasteiger partial charge < -0.3 is 16.2 Å². The average Bonchev–Trinajstić information content (AvgIpc) is 3.15. The Kier molecular flexibility index (Phi) is 6.19. The van der Waals surface area contributed by atoms with Gasteiger partial charge in [-0.1, -0.05) is 36.4 Å². The van der Waals surface area contributed by atoms with Crippen LogP contribution in [-0.2, 0) is 7.05 Å². The second kappa shape index (κ2) is 9.22. The quantitative estimate of drug-likeness (QED) is 0.420. The molecule has 0 radical (unpaired) electrons. The number of hydrogen-bond acceptors (Lipinski definition) is 5. The van der Waals surface area contributed by atoms with Crippen LogP contribution in [0.3, 0.4) is 0 Å². The first-order valence-corrected chi connectivity index (χ1v) is 10.4. The molecule has 0 saturated carbocycles. The molecule has 4 rings (SSSR count). The van der Waals surface area contributed by atoms with Gasteiger partial charge in [0.1, 0.15) is 11.6 Å². The van der Waals surface area contributed by atoms with Crippen LogP contribution in [0.15, 0.2) is 67.0 Å². The molecule has 0 unspecified atom stereocenters. The minimum absolute atomic E-state index is 0.126. The van der Waals surface area contributed by atoms with Crippen molar-refractivity contribution in [1.29, 1.82) is 0 Å². The van der Waals surface area contributed by atoms with Gasteiger partial charge in [-0.25, -0.2) is 9.37 Å². The molecule has 0 saturated heterocycles. The summed E-state index contributed by atoms with van der Waals surface area (Å²) in [5.41, 5.74) is 10.3. The van der Waals surface area contributed by atoms with E-state index in [0.29, 0.717) is 11.1 Å². The Balaban J connectivity index is 1.62. The molecule has 4 N–H and O–H groups in total. The second-order valence-electron chi connectivity index (χ2n) is 7.77. The van der Waals surface area contributed by atoms with Crippen LogP contribution in [0.25, 0.3) is 22.3 Å². The van der Waals surface area contributed by atoms with Gasteiger partial charge in [-0.2, -0.15) is 5.10 Å². The number of benzene rings is 2. The van der Waals surface area contributed by atoms with E-state index in [2.05, 4.69) is 15.4 Å². The Labute approximate surface area is 190 Å². The lowest BCUT2D eigenvalue weighted by molar-refractivity contribution is 0.0912. The zero-order valence-corrected chi connectivity index (χ0v) is 18.3. The maximum absolute atomic E-state index is 15.0. The molecule has 33 heavy (non-hydrogen) atoms. The van der Waals surface area contributed by atoms with Crippen LogP contribution in [0, 0.1) is 12.7 Å². The average molecular weight is 445 g/mol. The number of amides is 1. The minimum atomic E-state index is -0.697. The number of nitrogens with zero attached hydrogens (tertiary/aromatic N) is 3. The fourth-order valence-corrected chi connectivity index (χ4v) is 3.76. The van der Waals surface area contributed by atoms with Gasteiger partial charge in [0.2, 0.25) is 0 Å². The summed E-state index contributed by atoms with van der Waals surface area (Å²) in [6, 6.07) is 14.5. The topological polar surface area (TPSA) is 106 Å². The number of nitrogens with two attached hydrogens (primary N) is 1. The Morgan fingerprint density at radius 2 is 1.91 bits per heavy atom. The number of nitrogens with one attached hydrogen (secondary N) is 1. The van der Waals surface area contributed by atoms with Crippen molar-refractivity contribution in [3.63, 3.8) is 0 Å². The van der Waals surface area contributed by atoms with Crippen LogP contribution in [0.1, 0.15) is 27.7 Å². The SMILES string of the molecule is Cc1nn(C)cc1-c1cnc(N)c(-c2ccc(C(=O)N[C@H](CO)c3ccccc3)c(F)c2)c1. The number of rotatable bonds is 6. The van der Waals surface area contributed by atoms with Crippen molar-refractivity contribution in [3.8, 4) is 22.3 Å². The first-order valence-electron chi connectivity index (χ1n) is 10.4. The highest BCUT2D eigenvalue weighted by Gasteiger charge is 2.19. The van der Waals surface area contributed by atoms with Gasteiger partial charge in [-0.05, 0) is 36.2 Å². The molecular formula is C25H24FN5O2. The minimum Gasteiger partial charge on any atom is -0.394 e. The summed E-state index contributed by atoms with van der Waals surface area (Å²) >= 11 is 0. The molecule has 0 spiro atoms. The molecule has 0 aliphatic heterocycles. The molecule has 4 aromatic rings. The fraction of sp³-hybridized carbons (Fsp3) is 0.160. The highest BCUT2D eigenvalue weighted by Crippen LogP contribution is 2.31. The van der Waals surface area contributed by atoms with E-state index in [1.54, 1.807) is 41.2 Å². The van der Waals surface area contributed by atoms with Crippen LogP contribution >= 0.6 is 0 Å². The molecule has 7 nitrogen and oxygen atoms in total. The summed E-state index contributed by atoms with van der Waals surface area (Å²) in [5, 5.41) is 16.7. The van der Waals surface area contributed by atoms with E-state index in [-0.39, 0.29) is 18.0 Å². The summed E-state index contributed by atoms with van der Waals surface area (Å²) in [6.45, 7) is 1.59. The monoisotopic (exact) mass is 445 g/mol. The highest BCUT2D eigenvalue weighted by atomic mass is 19.1. The van der Waals surface area contributed by atoms with E-state index in [1.807, 2.05) is 32.3 Å². The van der Waals surface area contributed by atoms with Crippen molar-refractivity contribution in [2.45, 2.75) is 13.0 Å². The molecule has 2 aromatic heterocycles. The zero-order valence-electron chi connectivity index (χ0n) is 18.3. The van der Waals surface area contributed by atoms with Crippen molar-refractivity contribution >= 4 is 11.7 Å². The fourth-order valence-electron chi connectivity index (χ4n) is 3.76. The highest BCUT2D eigenvalue weighted by molar-refractivity contribution is 5.95. The largest absolute Gasteiger partial charge is 0.394 e. The summed E-state index contributed by atoms with van der Waals surface area (Å²) < 4.78 is 16.7. The number of hydrogen-bond donors (Lipinski definition) is 3. The number of halogens is 1. The smallest absolute Gasteiger partial charge is 0.254 e. The van der Waals surface area contributed by atoms with E-state index < -0.39 is 17.8 Å². The van der Waals surface area contributed by atoms with E-state index in [4.69, 9.17) is 5.73 Å². The number of nitrogen functional groups attached to an aromatic ring is 1. The molecule has 0 aliphatic rings. The predicted molar refractivity (Wildman–Crippen MR) is 125 cm³/mol. The van der Waals surface area contributed by atoms with Crippen LogP contribution in [-0.4, -0.2) is 32.4 Å². The van der Waals surface area contributed by atoms with E-state index >= 15 is 0 Å². The van der Waals surface area contributed by atoms with E-state index in [9.17, 15) is 14.3 Å². The number of aromatic nitrogens is 3. The standard InChI is InChI=1S/C25H24FN5O2/c1-15-21(13-31(2)30-15)18-10-20(24(27)28-12-18)17-8-9-19(22(26)11-17)25(33)29-23(14-32)16-6-4-3-5-7-16/h3-13,23,32H,14H2,1-2H3,(H2,27,28)(H,29,33)/t23-/m1/s1. The number of aliphatic hydroxyl groups is 1. The lowest BCUT2D eigenvalue weighted by Gasteiger charge is -2.17. The molecule has 2 aromatic carbocycles. The molecule has 0 aliphatic carbocycles. The summed E-state index contributed by atoms with van der Waals surface area (Å²) in [7, 11) is 1.83. The molecule has 2 heterocycles. The molecule has 1 amide bonds. The number of anilines is 1. The maximum atomic E-state index is 15.0. The van der Waals surface area contributed by atoms with Crippen LogP contribution in [0.4, 0.5) is 10.2 Å². The maximum Gasteiger partial charge on any atom is 0.254 e. The molecule has 0 fully saturated rings. The van der Waals surface area contributed by atoms with E-state index in [0.717, 1.165) is 22.4 Å². The van der Waals surface area contributed by atoms with Crippen LogP contribution < -0.4 is 11.1 Å². The van der Waals surface area contributed by atoms with Gasteiger partial charge in [-0.15, -0.1) is 0 Å². The Morgan fingerprint density at radius 3 is 2.55 bits per heavy atom. The summed E-state index contributed by atoms with van der Waals surface area (Å²) in [6.07, 6.45) is 3.53. The lowest BCUT2D eigenvalue weighted by Crippen LogP contribution is -2.31. The summed E-state index contributed by atoms with van der Waals surface area (Å²) in [5.74, 6) is -1.06. The third-order valence-electron chi connectivity index (χ3n) is 5.46. The van der Waals surface area contributed by atoms with Crippen molar-refractivity contribution in [1.82, 2.24) is 20.1 Å². The third kappa shape index (κ3) is 4.61. The second-order valence-corrected chi connectivity index (χ2v) is 7.77. The molecule has 8 heteroatoms. The van der Waals surface area contributed by atoms with Crippen molar-refractivity contribution < 1.29 is 14.3 Å². The zero-order chi connectivity index (χ0) is 23.5. The third-order valence-corrected chi connectivity index (χ3v) is 5.46. The number of carbonyl (C=O) groups excluding carboxylic acids is 1. The Bertz CT molecular complexity index is 1300. The van der Waals surface area contributed by atoms with Gasteiger partial charge in [-0.3, -0.25) is 9.48 Å². The number of aliphatic hydroxyl groups excluding tert-OH is 1. The van der Waals surface area contributed by atoms with Gasteiger partial charge in [0.25, 0.3) is 5.91 Å². The van der Waals surface area contributed by atoms with Gasteiger partial charge in [0.05, 0.1) is 23.9 Å². The number of pyridine rings is 1. The molecular weight excluding hydrogens is 421 g/mol. The summed E-state index contributed by atoms with van der Waals surface area (Å²) in [4.78, 5) is 17.0. The van der Waals surface area contributed by atoms with Crippen LogP contribution in [0.2, 0.25) is 0 Å².